The highest BCUT2D eigenvalue weighted by Crippen LogP contribution is 2.37. The fourth-order valence-electron chi connectivity index (χ4n) is 3.63. The number of amides is 1. The number of anilines is 1. The first-order valence-corrected chi connectivity index (χ1v) is 12.2. The van der Waals surface area contributed by atoms with Gasteiger partial charge in [0.15, 0.2) is 15.5 Å². The molecule has 0 aliphatic rings. The van der Waals surface area contributed by atoms with Gasteiger partial charge in [0.1, 0.15) is 23.7 Å². The molecule has 0 radical (unpaired) electrons. The second-order valence-electron chi connectivity index (χ2n) is 7.73. The Morgan fingerprint density at radius 2 is 2.06 bits per heavy atom. The number of carbonyl (C=O) groups is 1. The van der Waals surface area contributed by atoms with Gasteiger partial charge in [-0.15, -0.1) is 0 Å². The molecule has 1 amide bonds. The maximum atomic E-state index is 13.4. The summed E-state index contributed by atoms with van der Waals surface area (Å²) in [4.78, 5) is 16.8. The van der Waals surface area contributed by atoms with Crippen molar-refractivity contribution >= 4 is 27.1 Å². The fourth-order valence-corrected chi connectivity index (χ4v) is 5.16. The second kappa shape index (κ2) is 9.97. The zero-order valence-corrected chi connectivity index (χ0v) is 19.9. The summed E-state index contributed by atoms with van der Waals surface area (Å²) < 4.78 is 72.8. The number of carbonyl (C=O) groups excluding carboxylic acids is 1. The Balaban J connectivity index is 1.80. The van der Waals surface area contributed by atoms with E-state index in [1.807, 2.05) is 0 Å². The predicted octanol–water partition coefficient (Wildman–Crippen LogP) is 3.51. The number of aryl methyl sites for hydroxylation is 1. The molecule has 1 atom stereocenters. The largest absolute Gasteiger partial charge is 0.434 e. The van der Waals surface area contributed by atoms with E-state index in [1.54, 1.807) is 12.3 Å². The van der Waals surface area contributed by atoms with E-state index in [9.17, 15) is 26.4 Å². The third-order valence-corrected chi connectivity index (χ3v) is 7.67. The number of nitrogens with one attached hydrogen (secondary N) is 1. The minimum Gasteiger partial charge on any atom is -0.434 e. The van der Waals surface area contributed by atoms with E-state index in [1.165, 1.54) is 41.8 Å². The highest BCUT2D eigenvalue weighted by atomic mass is 32.2. The molecule has 1 aromatic carbocycles. The molecule has 4 aromatic rings. The van der Waals surface area contributed by atoms with Gasteiger partial charge in [0.25, 0.3) is 5.91 Å². The van der Waals surface area contributed by atoms with Crippen molar-refractivity contribution in [2.45, 2.75) is 30.1 Å². The van der Waals surface area contributed by atoms with Crippen molar-refractivity contribution in [3.63, 3.8) is 0 Å². The lowest BCUT2D eigenvalue weighted by Gasteiger charge is -2.16. The van der Waals surface area contributed by atoms with E-state index >= 15 is 0 Å². The molecular formula is C22H21F3N6O4S. The van der Waals surface area contributed by atoms with Crippen molar-refractivity contribution in [3.05, 3.63) is 54.6 Å². The first-order valence-electron chi connectivity index (χ1n) is 10.7. The maximum Gasteiger partial charge on any atom is 0.387 e. The van der Waals surface area contributed by atoms with E-state index < -0.39 is 34.3 Å². The van der Waals surface area contributed by atoms with E-state index in [2.05, 4.69) is 25.2 Å². The van der Waals surface area contributed by atoms with Gasteiger partial charge in [0.2, 0.25) is 0 Å². The average molecular weight is 523 g/mol. The fraction of sp³-hybridized carbons (Fsp3) is 0.273. The van der Waals surface area contributed by atoms with Gasteiger partial charge >= 0.3 is 6.61 Å². The Bertz CT molecular complexity index is 1520. The van der Waals surface area contributed by atoms with Crippen LogP contribution in [0.3, 0.4) is 0 Å². The number of halogens is 3. The molecule has 10 nitrogen and oxygen atoms in total. The van der Waals surface area contributed by atoms with Crippen LogP contribution >= 0.6 is 0 Å². The van der Waals surface area contributed by atoms with E-state index in [0.717, 1.165) is 18.2 Å². The van der Waals surface area contributed by atoms with Gasteiger partial charge in [-0.2, -0.15) is 19.0 Å². The summed E-state index contributed by atoms with van der Waals surface area (Å²) in [5, 5.41) is 9.62. The number of sulfone groups is 1. The lowest BCUT2D eigenvalue weighted by molar-refractivity contribution is -0.0494. The SMILES string of the molecule is CCC(CF)S(=O)(=O)c1ccc(OC(F)F)c(-c2nn(C)cc2NC(=O)c2cnn3cccnc23)c1. The van der Waals surface area contributed by atoms with E-state index in [-0.39, 0.29) is 45.2 Å². The van der Waals surface area contributed by atoms with E-state index in [4.69, 9.17) is 0 Å². The zero-order chi connectivity index (χ0) is 26.0. The molecule has 3 heterocycles. The summed E-state index contributed by atoms with van der Waals surface area (Å²) in [5.74, 6) is -0.981. The minimum atomic E-state index is -4.13. The number of alkyl halides is 3. The Kier molecular flexibility index (Phi) is 6.97. The number of fused-ring (bicyclic) bond motifs is 1. The number of benzene rings is 1. The van der Waals surface area contributed by atoms with Crippen molar-refractivity contribution in [2.24, 2.45) is 7.05 Å². The van der Waals surface area contributed by atoms with Crippen molar-refractivity contribution in [2.75, 3.05) is 12.0 Å². The van der Waals surface area contributed by atoms with Gasteiger partial charge in [0.05, 0.1) is 22.0 Å². The standard InChI is InChI=1S/C22H21F3N6O4S/c1-3-13(10-23)36(33,34)14-5-6-18(35-22(24)25)15(9-14)19-17(12-30(2)29-19)28-21(32)16-11-27-31-8-4-7-26-20(16)31/h4-9,11-13,22H,3,10H2,1-2H3,(H,28,32). The predicted molar refractivity (Wildman–Crippen MR) is 123 cm³/mol. The number of nitrogens with zero attached hydrogens (tertiary/aromatic N) is 5. The molecule has 14 heteroatoms. The Morgan fingerprint density at radius 3 is 2.75 bits per heavy atom. The molecule has 1 unspecified atom stereocenters. The molecule has 0 bridgehead atoms. The molecule has 3 aromatic heterocycles. The molecule has 0 aliphatic heterocycles. The van der Waals surface area contributed by atoms with Crippen molar-refractivity contribution in [1.82, 2.24) is 24.4 Å². The average Bonchev–Trinajstić information content (AvgIpc) is 3.42. The maximum absolute atomic E-state index is 13.4. The smallest absolute Gasteiger partial charge is 0.387 e. The summed E-state index contributed by atoms with van der Waals surface area (Å²) in [6, 6.07) is 4.84. The number of hydrogen-bond donors (Lipinski definition) is 1. The summed E-state index contributed by atoms with van der Waals surface area (Å²) >= 11 is 0. The summed E-state index contributed by atoms with van der Waals surface area (Å²) in [6.07, 6.45) is 5.84. The van der Waals surface area contributed by atoms with Crippen LogP contribution in [0.1, 0.15) is 23.7 Å². The van der Waals surface area contributed by atoms with Crippen LogP contribution in [0.5, 0.6) is 5.75 Å². The van der Waals surface area contributed by atoms with Gasteiger partial charge in [-0.25, -0.2) is 22.3 Å². The molecule has 0 spiro atoms. The van der Waals surface area contributed by atoms with Gasteiger partial charge in [-0.05, 0) is 30.7 Å². The second-order valence-corrected chi connectivity index (χ2v) is 9.96. The molecule has 1 N–H and O–H groups in total. The van der Waals surface area contributed by atoms with Crippen LogP contribution in [0.2, 0.25) is 0 Å². The van der Waals surface area contributed by atoms with Crippen LogP contribution in [-0.2, 0) is 16.9 Å². The molecule has 36 heavy (non-hydrogen) atoms. The first-order chi connectivity index (χ1) is 17.1. The molecule has 4 rings (SSSR count). The van der Waals surface area contributed by atoms with Crippen molar-refractivity contribution in [1.29, 1.82) is 0 Å². The Hall–Kier alpha value is -3.94. The summed E-state index contributed by atoms with van der Waals surface area (Å²) in [6.45, 7) is -2.80. The summed E-state index contributed by atoms with van der Waals surface area (Å²) in [5.41, 5.74) is 0.353. The third kappa shape index (κ3) is 4.76. The number of hydrogen-bond acceptors (Lipinski definition) is 7. The number of ether oxygens (including phenoxy) is 1. The molecule has 0 saturated heterocycles. The van der Waals surface area contributed by atoms with Crippen LogP contribution < -0.4 is 10.1 Å². The Morgan fingerprint density at radius 1 is 1.28 bits per heavy atom. The van der Waals surface area contributed by atoms with Crippen LogP contribution in [0.25, 0.3) is 16.9 Å². The molecular weight excluding hydrogens is 501 g/mol. The third-order valence-electron chi connectivity index (χ3n) is 5.42. The minimum absolute atomic E-state index is 0.0159. The highest BCUT2D eigenvalue weighted by Gasteiger charge is 2.29. The molecule has 0 saturated carbocycles. The first kappa shape index (κ1) is 25.2. The lowest BCUT2D eigenvalue weighted by Crippen LogP contribution is -2.23. The lowest BCUT2D eigenvalue weighted by atomic mass is 10.1. The van der Waals surface area contributed by atoms with Crippen LogP contribution in [0, 0.1) is 0 Å². The molecule has 190 valence electrons. The van der Waals surface area contributed by atoms with E-state index in [0.29, 0.717) is 0 Å². The zero-order valence-electron chi connectivity index (χ0n) is 19.1. The van der Waals surface area contributed by atoms with Gasteiger partial charge < -0.3 is 10.1 Å². The van der Waals surface area contributed by atoms with Crippen LogP contribution in [-0.4, -0.2) is 57.2 Å². The van der Waals surface area contributed by atoms with Crippen molar-refractivity contribution in [3.8, 4) is 17.0 Å². The van der Waals surface area contributed by atoms with Gasteiger partial charge in [0, 0.05) is 31.2 Å². The quantitative estimate of drug-likeness (QED) is 0.357. The van der Waals surface area contributed by atoms with Gasteiger partial charge in [-0.1, -0.05) is 6.92 Å². The number of rotatable bonds is 9. The number of aromatic nitrogens is 5. The topological polar surface area (TPSA) is 120 Å². The van der Waals surface area contributed by atoms with Crippen LogP contribution in [0.15, 0.2) is 53.9 Å². The molecule has 0 aliphatic carbocycles. The van der Waals surface area contributed by atoms with Crippen LogP contribution in [0.4, 0.5) is 18.9 Å². The normalized spacial score (nSPS) is 12.7. The molecule has 0 fully saturated rings. The van der Waals surface area contributed by atoms with Crippen molar-refractivity contribution < 1.29 is 31.1 Å². The monoisotopic (exact) mass is 522 g/mol. The summed E-state index contributed by atoms with van der Waals surface area (Å²) in [7, 11) is -2.60. The van der Waals surface area contributed by atoms with Gasteiger partial charge in [-0.3, -0.25) is 9.48 Å². The highest BCUT2D eigenvalue weighted by molar-refractivity contribution is 7.92. The Labute approximate surface area is 203 Å².